The van der Waals surface area contributed by atoms with Gasteiger partial charge in [0.25, 0.3) is 0 Å². The van der Waals surface area contributed by atoms with E-state index in [1.165, 1.54) is 18.1 Å². The normalized spacial score (nSPS) is 30.3. The molecule has 0 radical (unpaired) electrons. The Kier molecular flexibility index (Phi) is 7.72. The van der Waals surface area contributed by atoms with Crippen LogP contribution in [0.2, 0.25) is 0 Å². The maximum absolute atomic E-state index is 13.9. The predicted octanol–water partition coefficient (Wildman–Crippen LogP) is 0.108. The van der Waals surface area contributed by atoms with Gasteiger partial charge in [-0.2, -0.15) is 0 Å². The van der Waals surface area contributed by atoms with E-state index in [0.717, 1.165) is 19.5 Å². The number of nitrogens with two attached hydrogens (primary N) is 1. The van der Waals surface area contributed by atoms with Gasteiger partial charge in [-0.1, -0.05) is 13.8 Å². The number of hydrogen-bond donors (Lipinski definition) is 3. The van der Waals surface area contributed by atoms with Gasteiger partial charge in [-0.25, -0.2) is 0 Å². The van der Waals surface area contributed by atoms with Gasteiger partial charge in [-0.05, 0) is 58.4 Å². The number of nitrogens with zero attached hydrogens (tertiary/aromatic N) is 2. The maximum Gasteiger partial charge on any atom is 0.235 e. The summed E-state index contributed by atoms with van der Waals surface area (Å²) in [5, 5.41) is 22.6. The topological polar surface area (TPSA) is 168 Å². The first-order valence-corrected chi connectivity index (χ1v) is 13.3. The Balaban J connectivity index is 1.83. The minimum absolute atomic E-state index is 0.00500. The predicted molar refractivity (Wildman–Crippen MR) is 139 cm³/mol. The maximum atomic E-state index is 13.9. The summed E-state index contributed by atoms with van der Waals surface area (Å²) in [6.45, 7) is 6.18. The molecule has 2 fully saturated rings. The molecule has 0 bridgehead atoms. The van der Waals surface area contributed by atoms with E-state index in [1.807, 2.05) is 6.92 Å². The highest BCUT2D eigenvalue weighted by atomic mass is 16.5. The molecule has 11 nitrogen and oxygen atoms in total. The largest absolute Gasteiger partial charge is 0.507 e. The van der Waals surface area contributed by atoms with Gasteiger partial charge in [0.15, 0.2) is 34.7 Å². The number of benzene rings is 1. The standard InChI is InChI=1S/C28H37N3O8/c1-6-8-31(7-2)12-14-11-17(32)19-15(24(14)39-5)9-13-10-16-21(30(3)4)23(34)20(27(29)37)26(36)28(16,38)25(35)18(13)22(19)33/h11,13,16,18,20-21,32,38H,6-10,12H2,1-5H3,(H2,29,37)/t13-,16-,18?,20?,21-,28-/m0/s1. The number of phenols is 1. The summed E-state index contributed by atoms with van der Waals surface area (Å²) in [6, 6.07) is 0.328. The van der Waals surface area contributed by atoms with E-state index in [4.69, 9.17) is 10.5 Å². The summed E-state index contributed by atoms with van der Waals surface area (Å²) in [6.07, 6.45) is 1.09. The van der Waals surface area contributed by atoms with Crippen molar-refractivity contribution in [2.45, 2.75) is 51.3 Å². The van der Waals surface area contributed by atoms with Gasteiger partial charge in [0.05, 0.1) is 24.6 Å². The fourth-order valence-electron chi connectivity index (χ4n) is 6.99. The third-order valence-electron chi connectivity index (χ3n) is 8.67. The molecular weight excluding hydrogens is 506 g/mol. The Labute approximate surface area is 227 Å². The van der Waals surface area contributed by atoms with Gasteiger partial charge in [0.1, 0.15) is 11.5 Å². The monoisotopic (exact) mass is 543 g/mol. The van der Waals surface area contributed by atoms with Crippen LogP contribution in [-0.4, -0.2) is 95.0 Å². The Bertz CT molecular complexity index is 1240. The average molecular weight is 544 g/mol. The van der Waals surface area contributed by atoms with Gasteiger partial charge >= 0.3 is 0 Å². The van der Waals surface area contributed by atoms with Crippen molar-refractivity contribution in [3.05, 3.63) is 22.8 Å². The van der Waals surface area contributed by atoms with Crippen molar-refractivity contribution in [3.63, 3.8) is 0 Å². The molecule has 2 unspecified atom stereocenters. The van der Waals surface area contributed by atoms with E-state index in [-0.39, 0.29) is 24.2 Å². The van der Waals surface area contributed by atoms with Crippen molar-refractivity contribution in [2.75, 3.05) is 34.3 Å². The number of fused-ring (bicyclic) bond motifs is 3. The highest BCUT2D eigenvalue weighted by molar-refractivity contribution is 6.32. The lowest BCUT2D eigenvalue weighted by Crippen LogP contribution is -2.74. The molecule has 3 aliphatic rings. The number of rotatable bonds is 8. The number of ether oxygens (including phenoxy) is 1. The highest BCUT2D eigenvalue weighted by Crippen LogP contribution is 2.52. The first kappa shape index (κ1) is 28.8. The number of likely N-dealkylation sites (N-methyl/N-ethyl adjacent to an activating group) is 1. The number of carbonyl (C=O) groups excluding carboxylic acids is 5. The first-order valence-electron chi connectivity index (χ1n) is 13.3. The van der Waals surface area contributed by atoms with Gasteiger partial charge in [0.2, 0.25) is 5.91 Å². The molecule has 0 aromatic heterocycles. The molecule has 0 aliphatic heterocycles. The van der Waals surface area contributed by atoms with Crippen LogP contribution in [0, 0.1) is 23.7 Å². The molecule has 6 atom stereocenters. The fraction of sp³-hybridized carbons (Fsp3) is 0.607. The fourth-order valence-corrected chi connectivity index (χ4v) is 6.99. The number of phenolic OH excluding ortho intramolecular Hbond substituents is 1. The van der Waals surface area contributed by atoms with Crippen molar-refractivity contribution >= 4 is 29.0 Å². The number of aromatic hydroxyl groups is 1. The molecule has 1 amide bonds. The number of amides is 1. The Morgan fingerprint density at radius 3 is 2.38 bits per heavy atom. The Hall–Kier alpha value is -3.15. The zero-order chi connectivity index (χ0) is 29.0. The quantitative estimate of drug-likeness (QED) is 0.383. The zero-order valence-electron chi connectivity index (χ0n) is 23.0. The highest BCUT2D eigenvalue weighted by Gasteiger charge is 2.69. The van der Waals surface area contributed by atoms with Crippen molar-refractivity contribution in [3.8, 4) is 11.5 Å². The smallest absolute Gasteiger partial charge is 0.235 e. The van der Waals surface area contributed by atoms with Crippen molar-refractivity contribution in [1.82, 2.24) is 9.80 Å². The van der Waals surface area contributed by atoms with Crippen molar-refractivity contribution < 1.29 is 38.9 Å². The van der Waals surface area contributed by atoms with Crippen LogP contribution in [0.5, 0.6) is 11.5 Å². The van der Waals surface area contributed by atoms with Crippen LogP contribution in [0.15, 0.2) is 6.07 Å². The second kappa shape index (κ2) is 10.4. The zero-order valence-corrected chi connectivity index (χ0v) is 23.0. The average Bonchev–Trinajstić information content (AvgIpc) is 2.85. The summed E-state index contributed by atoms with van der Waals surface area (Å²) in [7, 11) is 4.59. The number of primary amides is 1. The third-order valence-corrected chi connectivity index (χ3v) is 8.67. The molecule has 3 aliphatic carbocycles. The van der Waals surface area contributed by atoms with E-state index in [2.05, 4.69) is 11.8 Å². The molecular formula is C28H37N3O8. The van der Waals surface area contributed by atoms with Gasteiger partial charge in [-0.15, -0.1) is 0 Å². The summed E-state index contributed by atoms with van der Waals surface area (Å²) in [4.78, 5) is 70.0. The summed E-state index contributed by atoms with van der Waals surface area (Å²) in [5.74, 6) is -10.2. The van der Waals surface area contributed by atoms with Crippen LogP contribution >= 0.6 is 0 Å². The lowest BCUT2D eigenvalue weighted by molar-refractivity contribution is -0.181. The lowest BCUT2D eigenvalue weighted by Gasteiger charge is -2.52. The number of carbonyl (C=O) groups is 5. The molecule has 4 N–H and O–H groups in total. The number of hydrogen-bond acceptors (Lipinski definition) is 10. The lowest BCUT2D eigenvalue weighted by atomic mass is 9.52. The number of methoxy groups -OCH3 is 1. The van der Waals surface area contributed by atoms with E-state index < -0.39 is 64.4 Å². The summed E-state index contributed by atoms with van der Waals surface area (Å²) in [5.41, 5.74) is 3.71. The second-order valence-electron chi connectivity index (χ2n) is 11.1. The number of aliphatic hydroxyl groups is 1. The van der Waals surface area contributed by atoms with Gasteiger partial charge < -0.3 is 20.7 Å². The van der Waals surface area contributed by atoms with Crippen LogP contribution in [0.4, 0.5) is 0 Å². The molecule has 212 valence electrons. The van der Waals surface area contributed by atoms with Crippen molar-refractivity contribution in [1.29, 1.82) is 0 Å². The van der Waals surface area contributed by atoms with Crippen LogP contribution in [0.1, 0.15) is 48.2 Å². The third kappa shape index (κ3) is 4.27. The van der Waals surface area contributed by atoms with Crippen LogP contribution < -0.4 is 10.5 Å². The SMILES string of the molecule is CCCN(CC)Cc1cc(O)c2c(c1OC)C[C@H]1C[C@H]3[C@H](N(C)C)C(=O)C(C(N)=O)C(=O)[C@@]3(O)C(=O)C1C2=O. The second-order valence-corrected chi connectivity index (χ2v) is 11.1. The molecule has 2 saturated carbocycles. The van der Waals surface area contributed by atoms with Crippen LogP contribution in [0.25, 0.3) is 0 Å². The molecule has 0 saturated heterocycles. The molecule has 0 spiro atoms. The Morgan fingerprint density at radius 1 is 1.18 bits per heavy atom. The molecule has 11 heteroatoms. The summed E-state index contributed by atoms with van der Waals surface area (Å²) >= 11 is 0. The van der Waals surface area contributed by atoms with Gasteiger partial charge in [-0.3, -0.25) is 33.8 Å². The molecule has 1 aromatic rings. The molecule has 39 heavy (non-hydrogen) atoms. The van der Waals surface area contributed by atoms with E-state index in [9.17, 15) is 34.2 Å². The van der Waals surface area contributed by atoms with E-state index in [1.54, 1.807) is 14.1 Å². The van der Waals surface area contributed by atoms with Crippen LogP contribution in [0.3, 0.4) is 0 Å². The van der Waals surface area contributed by atoms with Crippen LogP contribution in [-0.2, 0) is 32.1 Å². The molecule has 1 aromatic carbocycles. The first-order chi connectivity index (χ1) is 18.3. The Morgan fingerprint density at radius 2 is 1.85 bits per heavy atom. The number of Topliss-reactive ketones (excluding diaryl/α,β-unsaturated/α-hetero) is 4. The van der Waals surface area contributed by atoms with E-state index in [0.29, 0.717) is 23.4 Å². The number of ketones is 4. The molecule has 4 rings (SSSR count). The van der Waals surface area contributed by atoms with Crippen molar-refractivity contribution in [2.24, 2.45) is 29.4 Å². The molecule has 0 heterocycles. The minimum Gasteiger partial charge on any atom is -0.507 e. The minimum atomic E-state index is -2.74. The van der Waals surface area contributed by atoms with Gasteiger partial charge in [0, 0.05) is 23.6 Å². The van der Waals surface area contributed by atoms with E-state index >= 15 is 0 Å². The summed E-state index contributed by atoms with van der Waals surface area (Å²) < 4.78 is 5.75.